The summed E-state index contributed by atoms with van der Waals surface area (Å²) in [7, 11) is 6.55. The number of guanidine groups is 1. The minimum atomic E-state index is 0.581. The molecule has 0 unspecified atom stereocenters. The van der Waals surface area contributed by atoms with Gasteiger partial charge in [-0.25, -0.2) is 4.98 Å². The number of ether oxygens (including phenoxy) is 3. The minimum absolute atomic E-state index is 0.581. The SMILES string of the molecule is CN=C(NCCCn1ccnc1)NCc1cc(OC)c(OC)c(OC)c1. The van der Waals surface area contributed by atoms with Gasteiger partial charge >= 0.3 is 0 Å². The number of nitrogens with zero attached hydrogens (tertiary/aromatic N) is 3. The van der Waals surface area contributed by atoms with Crippen molar-refractivity contribution in [1.82, 2.24) is 20.2 Å². The zero-order valence-electron chi connectivity index (χ0n) is 15.8. The summed E-state index contributed by atoms with van der Waals surface area (Å²) < 4.78 is 18.2. The lowest BCUT2D eigenvalue weighted by molar-refractivity contribution is 0.323. The molecule has 1 aromatic carbocycles. The van der Waals surface area contributed by atoms with Crippen molar-refractivity contribution in [2.45, 2.75) is 19.5 Å². The first-order valence-electron chi connectivity index (χ1n) is 8.41. The zero-order valence-corrected chi connectivity index (χ0v) is 15.8. The maximum Gasteiger partial charge on any atom is 0.203 e. The van der Waals surface area contributed by atoms with Gasteiger partial charge in [0.25, 0.3) is 0 Å². The quantitative estimate of drug-likeness (QED) is 0.402. The molecule has 8 nitrogen and oxygen atoms in total. The van der Waals surface area contributed by atoms with Crippen LogP contribution in [0.4, 0.5) is 0 Å². The third kappa shape index (κ3) is 5.30. The van der Waals surface area contributed by atoms with Gasteiger partial charge in [0.15, 0.2) is 17.5 Å². The number of aromatic nitrogens is 2. The fourth-order valence-corrected chi connectivity index (χ4v) is 2.53. The van der Waals surface area contributed by atoms with E-state index in [1.54, 1.807) is 34.6 Å². The molecule has 0 saturated heterocycles. The van der Waals surface area contributed by atoms with Gasteiger partial charge in [0.2, 0.25) is 5.75 Å². The first-order chi connectivity index (χ1) is 12.7. The molecule has 1 heterocycles. The van der Waals surface area contributed by atoms with Crippen LogP contribution < -0.4 is 24.8 Å². The Morgan fingerprint density at radius 2 is 1.85 bits per heavy atom. The number of benzene rings is 1. The highest BCUT2D eigenvalue weighted by molar-refractivity contribution is 5.79. The highest BCUT2D eigenvalue weighted by atomic mass is 16.5. The van der Waals surface area contributed by atoms with Gasteiger partial charge in [-0.1, -0.05) is 0 Å². The molecule has 0 fully saturated rings. The monoisotopic (exact) mass is 361 g/mol. The van der Waals surface area contributed by atoms with E-state index in [1.165, 1.54) is 0 Å². The van der Waals surface area contributed by atoms with Crippen LogP contribution in [0.15, 0.2) is 35.8 Å². The predicted molar refractivity (Wildman–Crippen MR) is 101 cm³/mol. The summed E-state index contributed by atoms with van der Waals surface area (Å²) in [6.45, 7) is 2.31. The van der Waals surface area contributed by atoms with Crippen LogP contribution in [0.3, 0.4) is 0 Å². The number of methoxy groups -OCH3 is 3. The lowest BCUT2D eigenvalue weighted by Crippen LogP contribution is -2.37. The van der Waals surface area contributed by atoms with Crippen molar-refractivity contribution >= 4 is 5.96 Å². The number of hydrogen-bond donors (Lipinski definition) is 2. The third-order valence-corrected chi connectivity index (χ3v) is 3.85. The Balaban J connectivity index is 1.87. The molecule has 2 aromatic rings. The molecule has 26 heavy (non-hydrogen) atoms. The fourth-order valence-electron chi connectivity index (χ4n) is 2.53. The second-order valence-corrected chi connectivity index (χ2v) is 5.54. The van der Waals surface area contributed by atoms with Crippen LogP contribution in [0.25, 0.3) is 0 Å². The van der Waals surface area contributed by atoms with Crippen LogP contribution in [-0.4, -0.2) is 50.4 Å². The van der Waals surface area contributed by atoms with Crippen molar-refractivity contribution in [2.75, 3.05) is 34.9 Å². The van der Waals surface area contributed by atoms with E-state index >= 15 is 0 Å². The molecule has 142 valence electrons. The highest BCUT2D eigenvalue weighted by Gasteiger charge is 2.13. The largest absolute Gasteiger partial charge is 0.493 e. The molecule has 0 bridgehead atoms. The fraction of sp³-hybridized carbons (Fsp3) is 0.444. The van der Waals surface area contributed by atoms with Crippen LogP contribution in [0.2, 0.25) is 0 Å². The molecule has 2 N–H and O–H groups in total. The van der Waals surface area contributed by atoms with Gasteiger partial charge in [0, 0.05) is 39.1 Å². The van der Waals surface area contributed by atoms with Crippen LogP contribution in [0, 0.1) is 0 Å². The summed E-state index contributed by atoms with van der Waals surface area (Å²) in [4.78, 5) is 8.28. The van der Waals surface area contributed by atoms with E-state index in [9.17, 15) is 0 Å². The molecule has 1 aromatic heterocycles. The summed E-state index contributed by atoms with van der Waals surface area (Å²) in [5, 5.41) is 6.59. The highest BCUT2D eigenvalue weighted by Crippen LogP contribution is 2.38. The average molecular weight is 361 g/mol. The maximum atomic E-state index is 5.38. The van der Waals surface area contributed by atoms with Crippen molar-refractivity contribution in [3.8, 4) is 17.2 Å². The molecule has 0 amide bonds. The predicted octanol–water partition coefficient (Wildman–Crippen LogP) is 1.66. The molecule has 2 rings (SSSR count). The number of nitrogens with one attached hydrogen (secondary N) is 2. The third-order valence-electron chi connectivity index (χ3n) is 3.85. The summed E-state index contributed by atoms with van der Waals surface area (Å²) in [6.07, 6.45) is 6.53. The second kappa shape index (κ2) is 10.2. The average Bonchev–Trinajstić information content (AvgIpc) is 3.19. The van der Waals surface area contributed by atoms with Crippen molar-refractivity contribution < 1.29 is 14.2 Å². The Morgan fingerprint density at radius 1 is 1.12 bits per heavy atom. The van der Waals surface area contributed by atoms with E-state index in [0.29, 0.717) is 23.8 Å². The van der Waals surface area contributed by atoms with E-state index in [0.717, 1.165) is 31.0 Å². The standard InChI is InChI=1S/C18H27N5O3/c1-19-18(21-6-5-8-23-9-7-20-13-23)22-12-14-10-15(24-2)17(26-4)16(11-14)25-3/h7,9-11,13H,5-6,8,12H2,1-4H3,(H2,19,21,22). The van der Waals surface area contributed by atoms with Crippen LogP contribution in [0.1, 0.15) is 12.0 Å². The zero-order chi connectivity index (χ0) is 18.8. The molecular weight excluding hydrogens is 334 g/mol. The van der Waals surface area contributed by atoms with Gasteiger partial charge in [-0.15, -0.1) is 0 Å². The lowest BCUT2D eigenvalue weighted by atomic mass is 10.2. The van der Waals surface area contributed by atoms with Crippen molar-refractivity contribution in [1.29, 1.82) is 0 Å². The lowest BCUT2D eigenvalue weighted by Gasteiger charge is -2.16. The van der Waals surface area contributed by atoms with E-state index in [-0.39, 0.29) is 0 Å². The van der Waals surface area contributed by atoms with Gasteiger partial charge in [-0.05, 0) is 24.1 Å². The van der Waals surface area contributed by atoms with Gasteiger partial charge in [-0.2, -0.15) is 0 Å². The van der Waals surface area contributed by atoms with Gasteiger partial charge in [0.05, 0.1) is 27.7 Å². The summed E-state index contributed by atoms with van der Waals surface area (Å²) in [5.41, 5.74) is 1.00. The Kier molecular flexibility index (Phi) is 7.60. The molecule has 0 aliphatic rings. The smallest absolute Gasteiger partial charge is 0.203 e. The summed E-state index contributed by atoms with van der Waals surface area (Å²) in [5.74, 6) is 2.59. The number of rotatable bonds is 9. The van der Waals surface area contributed by atoms with E-state index in [2.05, 4.69) is 20.6 Å². The molecule has 0 spiro atoms. The van der Waals surface area contributed by atoms with Crippen LogP contribution in [0.5, 0.6) is 17.2 Å². The molecular formula is C18H27N5O3. The van der Waals surface area contributed by atoms with Gasteiger partial charge < -0.3 is 29.4 Å². The normalized spacial score (nSPS) is 11.2. The Bertz CT molecular complexity index is 676. The minimum Gasteiger partial charge on any atom is -0.493 e. The maximum absolute atomic E-state index is 5.38. The second-order valence-electron chi connectivity index (χ2n) is 5.54. The first kappa shape index (κ1) is 19.4. The molecule has 0 aliphatic heterocycles. The van der Waals surface area contributed by atoms with Crippen molar-refractivity contribution in [2.24, 2.45) is 4.99 Å². The van der Waals surface area contributed by atoms with Crippen molar-refractivity contribution in [3.05, 3.63) is 36.4 Å². The van der Waals surface area contributed by atoms with E-state index < -0.39 is 0 Å². The topological polar surface area (TPSA) is 81.9 Å². The number of aliphatic imine (C=N–C) groups is 1. The van der Waals surface area contributed by atoms with E-state index in [4.69, 9.17) is 14.2 Å². The Morgan fingerprint density at radius 3 is 2.38 bits per heavy atom. The molecule has 8 heteroatoms. The first-order valence-corrected chi connectivity index (χ1v) is 8.41. The van der Waals surface area contributed by atoms with Gasteiger partial charge in [0.1, 0.15) is 0 Å². The molecule has 0 atom stereocenters. The van der Waals surface area contributed by atoms with E-state index in [1.807, 2.05) is 29.2 Å². The number of imidazole rings is 1. The molecule has 0 radical (unpaired) electrons. The summed E-state index contributed by atoms with van der Waals surface area (Å²) >= 11 is 0. The molecule has 0 aliphatic carbocycles. The number of hydrogen-bond acceptors (Lipinski definition) is 5. The Labute approximate surface area is 154 Å². The van der Waals surface area contributed by atoms with Crippen LogP contribution >= 0.6 is 0 Å². The Hall–Kier alpha value is -2.90. The van der Waals surface area contributed by atoms with Crippen LogP contribution in [-0.2, 0) is 13.1 Å². The summed E-state index contributed by atoms with van der Waals surface area (Å²) in [6, 6.07) is 3.83. The van der Waals surface area contributed by atoms with Crippen molar-refractivity contribution in [3.63, 3.8) is 0 Å². The molecule has 0 saturated carbocycles. The number of aryl methyl sites for hydroxylation is 1. The van der Waals surface area contributed by atoms with Gasteiger partial charge in [-0.3, -0.25) is 4.99 Å².